The van der Waals surface area contributed by atoms with Crippen LogP contribution in [0.5, 0.6) is 0 Å². The molecule has 2 N–H and O–H groups in total. The molecule has 0 bridgehead atoms. The number of nitrogens with zero attached hydrogens (tertiary/aromatic N) is 1. The summed E-state index contributed by atoms with van der Waals surface area (Å²) in [6, 6.07) is 3.41. The van der Waals surface area contributed by atoms with Gasteiger partial charge in [0.25, 0.3) is 5.91 Å². The summed E-state index contributed by atoms with van der Waals surface area (Å²) in [4.78, 5) is 26.0. The number of carbonyl (C=O) groups is 2. The molecule has 0 aliphatic carbocycles. The third-order valence-electron chi connectivity index (χ3n) is 2.51. The summed E-state index contributed by atoms with van der Waals surface area (Å²) < 4.78 is 0. The van der Waals surface area contributed by atoms with E-state index >= 15 is 0 Å². The summed E-state index contributed by atoms with van der Waals surface area (Å²) in [5.41, 5.74) is 1.41. The molecule has 0 aliphatic rings. The van der Waals surface area contributed by atoms with Gasteiger partial charge in [0.2, 0.25) is 0 Å². The molecule has 0 fully saturated rings. The first-order valence-electron chi connectivity index (χ1n) is 6.02. The van der Waals surface area contributed by atoms with Crippen LogP contribution in [0.15, 0.2) is 18.3 Å². The Morgan fingerprint density at radius 3 is 2.78 bits per heavy atom. The predicted molar refractivity (Wildman–Crippen MR) is 67.4 cm³/mol. The Labute approximate surface area is 106 Å². The van der Waals surface area contributed by atoms with Crippen LogP contribution in [0.1, 0.15) is 41.7 Å². The molecule has 0 aromatic carbocycles. The van der Waals surface area contributed by atoms with E-state index in [0.29, 0.717) is 18.5 Å². The number of carboxylic acids is 1. The van der Waals surface area contributed by atoms with E-state index in [2.05, 4.69) is 10.3 Å². The highest BCUT2D eigenvalue weighted by atomic mass is 16.4. The lowest BCUT2D eigenvalue weighted by atomic mass is 10.2. The van der Waals surface area contributed by atoms with Gasteiger partial charge in [0, 0.05) is 30.4 Å². The average molecular weight is 250 g/mol. The van der Waals surface area contributed by atoms with Crippen LogP contribution in [0.2, 0.25) is 0 Å². The highest BCUT2D eigenvalue weighted by Gasteiger charge is 2.04. The van der Waals surface area contributed by atoms with Gasteiger partial charge in [-0.2, -0.15) is 0 Å². The summed E-state index contributed by atoms with van der Waals surface area (Å²) in [7, 11) is 0. The van der Waals surface area contributed by atoms with E-state index < -0.39 is 5.97 Å². The number of aryl methyl sites for hydroxylation is 1. The largest absolute Gasteiger partial charge is 0.481 e. The Morgan fingerprint density at radius 2 is 2.11 bits per heavy atom. The summed E-state index contributed by atoms with van der Waals surface area (Å²) >= 11 is 0. The van der Waals surface area contributed by atoms with Crippen molar-refractivity contribution >= 4 is 11.9 Å². The third-order valence-corrected chi connectivity index (χ3v) is 2.51. The Morgan fingerprint density at radius 1 is 1.33 bits per heavy atom. The first-order valence-corrected chi connectivity index (χ1v) is 6.02. The molecule has 1 rings (SSSR count). The first kappa shape index (κ1) is 14.2. The maximum Gasteiger partial charge on any atom is 0.303 e. The van der Waals surface area contributed by atoms with Gasteiger partial charge < -0.3 is 10.4 Å². The minimum atomic E-state index is -0.772. The molecule has 98 valence electrons. The molecule has 0 radical (unpaired) electrons. The number of unbranched alkanes of at least 4 members (excludes halogenated alkanes) is 2. The molecule has 1 aromatic rings. The van der Waals surface area contributed by atoms with Crippen molar-refractivity contribution in [3.05, 3.63) is 29.6 Å². The number of nitrogens with one attached hydrogen (secondary N) is 1. The van der Waals surface area contributed by atoms with Crippen LogP contribution < -0.4 is 5.32 Å². The van der Waals surface area contributed by atoms with Crippen molar-refractivity contribution in [3.8, 4) is 0 Å². The minimum Gasteiger partial charge on any atom is -0.481 e. The standard InChI is InChI=1S/C13H18N2O3/c1-10-9-11(6-8-14-10)13(18)15-7-4-2-3-5-12(16)17/h6,8-9H,2-5,7H2,1H3,(H,15,18)(H,16,17). The number of aromatic nitrogens is 1. The Balaban J connectivity index is 2.20. The second-order valence-electron chi connectivity index (χ2n) is 4.15. The lowest BCUT2D eigenvalue weighted by Crippen LogP contribution is -2.24. The summed E-state index contributed by atoms with van der Waals surface area (Å²) in [6.07, 6.45) is 4.05. The van der Waals surface area contributed by atoms with E-state index in [4.69, 9.17) is 5.11 Å². The van der Waals surface area contributed by atoms with E-state index in [1.807, 2.05) is 6.92 Å². The fourth-order valence-electron chi connectivity index (χ4n) is 1.57. The lowest BCUT2D eigenvalue weighted by molar-refractivity contribution is -0.137. The molecule has 1 heterocycles. The smallest absolute Gasteiger partial charge is 0.303 e. The SMILES string of the molecule is Cc1cc(C(=O)NCCCCCC(=O)O)ccn1. The van der Waals surface area contributed by atoms with E-state index in [-0.39, 0.29) is 12.3 Å². The van der Waals surface area contributed by atoms with E-state index in [1.54, 1.807) is 18.3 Å². The molecule has 5 nitrogen and oxygen atoms in total. The number of pyridine rings is 1. The molecule has 0 saturated heterocycles. The van der Waals surface area contributed by atoms with Gasteiger partial charge in [-0.15, -0.1) is 0 Å². The predicted octanol–water partition coefficient (Wildman–Crippen LogP) is 1.76. The van der Waals surface area contributed by atoms with Crippen LogP contribution in [0.3, 0.4) is 0 Å². The molecule has 1 amide bonds. The van der Waals surface area contributed by atoms with Crippen molar-refractivity contribution in [2.45, 2.75) is 32.6 Å². The van der Waals surface area contributed by atoms with Crippen LogP contribution in [-0.2, 0) is 4.79 Å². The topological polar surface area (TPSA) is 79.3 Å². The average Bonchev–Trinajstić information content (AvgIpc) is 2.33. The van der Waals surface area contributed by atoms with Crippen LogP contribution >= 0.6 is 0 Å². The molecule has 5 heteroatoms. The molecule has 0 unspecified atom stereocenters. The molecular formula is C13H18N2O3. The second kappa shape index (κ2) is 7.42. The normalized spacial score (nSPS) is 10.1. The molecule has 0 saturated carbocycles. The van der Waals surface area contributed by atoms with Crippen LogP contribution in [-0.4, -0.2) is 28.5 Å². The Bertz CT molecular complexity index is 418. The van der Waals surface area contributed by atoms with Crippen molar-refractivity contribution in [3.63, 3.8) is 0 Å². The summed E-state index contributed by atoms with van der Waals surface area (Å²) in [5.74, 6) is -0.884. The van der Waals surface area contributed by atoms with Gasteiger partial charge in [-0.05, 0) is 31.9 Å². The highest BCUT2D eigenvalue weighted by molar-refractivity contribution is 5.94. The number of hydrogen-bond acceptors (Lipinski definition) is 3. The van der Waals surface area contributed by atoms with Crippen molar-refractivity contribution in [2.75, 3.05) is 6.54 Å². The number of hydrogen-bond donors (Lipinski definition) is 2. The fraction of sp³-hybridized carbons (Fsp3) is 0.462. The number of carbonyl (C=O) groups excluding carboxylic acids is 1. The number of aliphatic carboxylic acids is 1. The molecule has 18 heavy (non-hydrogen) atoms. The quantitative estimate of drug-likeness (QED) is 0.723. The lowest BCUT2D eigenvalue weighted by Gasteiger charge is -2.05. The van der Waals surface area contributed by atoms with Gasteiger partial charge in [-0.25, -0.2) is 0 Å². The maximum atomic E-state index is 11.7. The zero-order valence-electron chi connectivity index (χ0n) is 10.5. The van der Waals surface area contributed by atoms with Crippen molar-refractivity contribution in [1.29, 1.82) is 0 Å². The molecule has 0 aliphatic heterocycles. The number of amides is 1. The maximum absolute atomic E-state index is 11.7. The second-order valence-corrected chi connectivity index (χ2v) is 4.15. The fourth-order valence-corrected chi connectivity index (χ4v) is 1.57. The number of carboxylic acid groups (broad SMARTS) is 1. The van der Waals surface area contributed by atoms with Crippen LogP contribution in [0.25, 0.3) is 0 Å². The van der Waals surface area contributed by atoms with E-state index in [9.17, 15) is 9.59 Å². The van der Waals surface area contributed by atoms with Crippen molar-refractivity contribution in [2.24, 2.45) is 0 Å². The minimum absolute atomic E-state index is 0.112. The Hall–Kier alpha value is -1.91. The highest BCUT2D eigenvalue weighted by Crippen LogP contribution is 2.02. The van der Waals surface area contributed by atoms with Gasteiger partial charge in [0.05, 0.1) is 0 Å². The van der Waals surface area contributed by atoms with E-state index in [1.165, 1.54) is 0 Å². The third kappa shape index (κ3) is 5.43. The van der Waals surface area contributed by atoms with Gasteiger partial charge in [-0.1, -0.05) is 6.42 Å². The van der Waals surface area contributed by atoms with E-state index in [0.717, 1.165) is 18.5 Å². The molecule has 0 spiro atoms. The van der Waals surface area contributed by atoms with Gasteiger partial charge in [0.1, 0.15) is 0 Å². The summed E-state index contributed by atoms with van der Waals surface area (Å²) in [6.45, 7) is 2.41. The zero-order chi connectivity index (χ0) is 13.4. The van der Waals surface area contributed by atoms with Crippen LogP contribution in [0, 0.1) is 6.92 Å². The van der Waals surface area contributed by atoms with Crippen molar-refractivity contribution in [1.82, 2.24) is 10.3 Å². The molecule has 1 aromatic heterocycles. The van der Waals surface area contributed by atoms with Gasteiger partial charge in [-0.3, -0.25) is 14.6 Å². The zero-order valence-corrected chi connectivity index (χ0v) is 10.5. The van der Waals surface area contributed by atoms with Gasteiger partial charge in [0.15, 0.2) is 0 Å². The Kier molecular flexibility index (Phi) is 5.84. The molecule has 0 atom stereocenters. The monoisotopic (exact) mass is 250 g/mol. The van der Waals surface area contributed by atoms with Crippen LogP contribution in [0.4, 0.5) is 0 Å². The van der Waals surface area contributed by atoms with Crippen molar-refractivity contribution < 1.29 is 14.7 Å². The number of rotatable bonds is 7. The first-order chi connectivity index (χ1) is 8.59. The van der Waals surface area contributed by atoms with Gasteiger partial charge >= 0.3 is 5.97 Å². The summed E-state index contributed by atoms with van der Waals surface area (Å²) in [5, 5.41) is 11.3. The molecular weight excluding hydrogens is 232 g/mol.